The molecule has 2 aromatic rings. The number of nitrogens with one attached hydrogen (secondary N) is 1. The van der Waals surface area contributed by atoms with Crippen molar-refractivity contribution in [2.75, 3.05) is 5.32 Å². The Morgan fingerprint density at radius 1 is 1.27 bits per heavy atom. The van der Waals surface area contributed by atoms with E-state index in [0.29, 0.717) is 17.2 Å². The fourth-order valence-electron chi connectivity index (χ4n) is 2.05. The highest BCUT2D eigenvalue weighted by Crippen LogP contribution is 2.27. The van der Waals surface area contributed by atoms with Crippen LogP contribution in [0, 0.1) is 11.6 Å². The number of amides is 1. The van der Waals surface area contributed by atoms with Crippen LogP contribution in [0.1, 0.15) is 39.0 Å². The van der Waals surface area contributed by atoms with Gasteiger partial charge < -0.3 is 5.32 Å². The largest absolute Gasteiger partial charge is 0.302 e. The highest BCUT2D eigenvalue weighted by atomic mass is 32.1. The third kappa shape index (κ3) is 4.59. The molecule has 118 valence electrons. The summed E-state index contributed by atoms with van der Waals surface area (Å²) in [5.74, 6) is -1.38. The Morgan fingerprint density at radius 2 is 2.09 bits per heavy atom. The molecule has 0 unspecified atom stereocenters. The van der Waals surface area contributed by atoms with Gasteiger partial charge in [-0.15, -0.1) is 11.3 Å². The molecule has 22 heavy (non-hydrogen) atoms. The maximum absolute atomic E-state index is 13.7. The van der Waals surface area contributed by atoms with E-state index >= 15 is 0 Å². The van der Waals surface area contributed by atoms with Crippen LogP contribution in [0.5, 0.6) is 0 Å². The lowest BCUT2D eigenvalue weighted by molar-refractivity contribution is -0.116. The number of anilines is 1. The minimum absolute atomic E-state index is 0.0865. The number of halogens is 2. The maximum Gasteiger partial charge on any atom is 0.226 e. The Balaban J connectivity index is 1.95. The van der Waals surface area contributed by atoms with E-state index in [1.807, 2.05) is 0 Å². The molecule has 1 aromatic heterocycles. The first-order valence-corrected chi connectivity index (χ1v) is 8.19. The number of nitrogens with zero attached hydrogens (tertiary/aromatic N) is 1. The maximum atomic E-state index is 13.7. The van der Waals surface area contributed by atoms with Gasteiger partial charge in [0.25, 0.3) is 0 Å². The molecule has 0 radical (unpaired) electrons. The number of carbonyl (C=O) groups is 1. The van der Waals surface area contributed by atoms with Crippen LogP contribution in [0.4, 0.5) is 13.9 Å². The molecule has 0 spiro atoms. The van der Waals surface area contributed by atoms with Crippen LogP contribution < -0.4 is 5.32 Å². The fraction of sp³-hybridized carbons (Fsp3) is 0.375. The zero-order chi connectivity index (χ0) is 15.9. The standard InChI is InChI=1S/C16H18F2N2OS/c1-2-3-4-5-6-15(21)20-16-19-14(10-22-16)12-8-7-11(17)9-13(12)18/h7-10H,2-6H2,1H3,(H,19,20,21). The van der Waals surface area contributed by atoms with Gasteiger partial charge in [0.05, 0.1) is 5.69 Å². The van der Waals surface area contributed by atoms with Crippen molar-refractivity contribution in [3.05, 3.63) is 35.2 Å². The van der Waals surface area contributed by atoms with Crippen molar-refractivity contribution < 1.29 is 13.6 Å². The quantitative estimate of drug-likeness (QED) is 0.728. The molecule has 2 rings (SSSR count). The summed E-state index contributed by atoms with van der Waals surface area (Å²) in [5.41, 5.74) is 0.616. The second-order valence-electron chi connectivity index (χ2n) is 5.02. The van der Waals surface area contributed by atoms with Crippen LogP contribution in [-0.4, -0.2) is 10.9 Å². The zero-order valence-electron chi connectivity index (χ0n) is 12.4. The van der Waals surface area contributed by atoms with Crippen molar-refractivity contribution in [1.82, 2.24) is 4.98 Å². The fourth-order valence-corrected chi connectivity index (χ4v) is 2.77. The lowest BCUT2D eigenvalue weighted by Gasteiger charge is -2.01. The van der Waals surface area contributed by atoms with Gasteiger partial charge in [0, 0.05) is 23.4 Å². The van der Waals surface area contributed by atoms with Crippen LogP contribution in [0.3, 0.4) is 0 Å². The number of hydrogen-bond donors (Lipinski definition) is 1. The first kappa shape index (κ1) is 16.5. The molecular weight excluding hydrogens is 306 g/mol. The number of hydrogen-bond acceptors (Lipinski definition) is 3. The second kappa shape index (κ2) is 7.98. The van der Waals surface area contributed by atoms with Gasteiger partial charge in [-0.3, -0.25) is 4.79 Å². The Bertz CT molecular complexity index is 643. The lowest BCUT2D eigenvalue weighted by atomic mass is 10.1. The summed E-state index contributed by atoms with van der Waals surface area (Å²) in [6, 6.07) is 3.35. The second-order valence-corrected chi connectivity index (χ2v) is 5.88. The molecule has 0 aliphatic carbocycles. The summed E-state index contributed by atoms with van der Waals surface area (Å²) in [6.45, 7) is 2.12. The Morgan fingerprint density at radius 3 is 2.82 bits per heavy atom. The van der Waals surface area contributed by atoms with Crippen molar-refractivity contribution >= 4 is 22.4 Å². The predicted octanol–water partition coefficient (Wildman–Crippen LogP) is 5.00. The summed E-state index contributed by atoms with van der Waals surface area (Å²) in [5, 5.41) is 4.78. The number of aromatic nitrogens is 1. The molecule has 1 amide bonds. The van der Waals surface area contributed by atoms with E-state index in [0.717, 1.165) is 31.7 Å². The van der Waals surface area contributed by atoms with Gasteiger partial charge in [0.1, 0.15) is 11.6 Å². The van der Waals surface area contributed by atoms with Crippen LogP contribution in [0.25, 0.3) is 11.3 Å². The lowest BCUT2D eigenvalue weighted by Crippen LogP contribution is -2.10. The summed E-state index contributed by atoms with van der Waals surface area (Å²) < 4.78 is 26.6. The molecule has 0 saturated carbocycles. The monoisotopic (exact) mass is 324 g/mol. The number of carbonyl (C=O) groups excluding carboxylic acids is 1. The predicted molar refractivity (Wildman–Crippen MR) is 84.9 cm³/mol. The minimum atomic E-state index is -0.664. The van der Waals surface area contributed by atoms with Gasteiger partial charge >= 0.3 is 0 Å². The van der Waals surface area contributed by atoms with Gasteiger partial charge in [-0.1, -0.05) is 26.2 Å². The summed E-state index contributed by atoms with van der Waals surface area (Å²) in [4.78, 5) is 15.9. The van der Waals surface area contributed by atoms with Crippen LogP contribution >= 0.6 is 11.3 Å². The van der Waals surface area contributed by atoms with E-state index in [-0.39, 0.29) is 11.5 Å². The topological polar surface area (TPSA) is 42.0 Å². The molecule has 1 aromatic carbocycles. The Hall–Kier alpha value is -1.82. The normalized spacial score (nSPS) is 10.7. The SMILES string of the molecule is CCCCCCC(=O)Nc1nc(-c2ccc(F)cc2F)cs1. The van der Waals surface area contributed by atoms with Crippen LogP contribution in [0.2, 0.25) is 0 Å². The van der Waals surface area contributed by atoms with Gasteiger partial charge in [0.2, 0.25) is 5.91 Å². The van der Waals surface area contributed by atoms with E-state index in [9.17, 15) is 13.6 Å². The highest BCUT2D eigenvalue weighted by Gasteiger charge is 2.11. The molecule has 0 saturated heterocycles. The smallest absolute Gasteiger partial charge is 0.226 e. The van der Waals surface area contributed by atoms with Crippen molar-refractivity contribution in [3.8, 4) is 11.3 Å². The Kier molecular flexibility index (Phi) is 6.00. The minimum Gasteiger partial charge on any atom is -0.302 e. The first-order chi connectivity index (χ1) is 10.6. The van der Waals surface area contributed by atoms with E-state index < -0.39 is 11.6 Å². The van der Waals surface area contributed by atoms with Gasteiger partial charge in [-0.05, 0) is 18.6 Å². The summed E-state index contributed by atoms with van der Waals surface area (Å²) >= 11 is 1.23. The van der Waals surface area contributed by atoms with Crippen molar-refractivity contribution in [1.29, 1.82) is 0 Å². The molecule has 3 nitrogen and oxygen atoms in total. The van der Waals surface area contributed by atoms with Crippen molar-refractivity contribution in [3.63, 3.8) is 0 Å². The van der Waals surface area contributed by atoms with E-state index in [2.05, 4.69) is 17.2 Å². The third-order valence-electron chi connectivity index (χ3n) is 3.22. The zero-order valence-corrected chi connectivity index (χ0v) is 13.2. The summed E-state index contributed by atoms with van der Waals surface area (Å²) in [6.07, 6.45) is 4.59. The molecule has 0 aliphatic rings. The molecule has 1 N–H and O–H groups in total. The molecular formula is C16H18F2N2OS. The molecule has 6 heteroatoms. The molecule has 0 aliphatic heterocycles. The van der Waals surface area contributed by atoms with E-state index in [1.165, 1.54) is 23.5 Å². The molecule has 0 bridgehead atoms. The molecule has 0 fully saturated rings. The number of unbranched alkanes of at least 4 members (excludes halogenated alkanes) is 3. The van der Waals surface area contributed by atoms with Gasteiger partial charge in [0.15, 0.2) is 5.13 Å². The van der Waals surface area contributed by atoms with Gasteiger partial charge in [-0.2, -0.15) is 0 Å². The summed E-state index contributed by atoms with van der Waals surface area (Å²) in [7, 11) is 0. The average Bonchev–Trinajstić information content (AvgIpc) is 2.92. The van der Waals surface area contributed by atoms with Gasteiger partial charge in [-0.25, -0.2) is 13.8 Å². The average molecular weight is 324 g/mol. The van der Waals surface area contributed by atoms with Crippen molar-refractivity contribution in [2.24, 2.45) is 0 Å². The number of benzene rings is 1. The van der Waals surface area contributed by atoms with Crippen LogP contribution in [0.15, 0.2) is 23.6 Å². The Labute approximate surface area is 132 Å². The van der Waals surface area contributed by atoms with Crippen molar-refractivity contribution in [2.45, 2.75) is 39.0 Å². The first-order valence-electron chi connectivity index (χ1n) is 7.31. The number of thiazole rings is 1. The molecule has 1 heterocycles. The van der Waals surface area contributed by atoms with Crippen LogP contribution in [-0.2, 0) is 4.79 Å². The van der Waals surface area contributed by atoms with E-state index in [4.69, 9.17) is 0 Å². The van der Waals surface area contributed by atoms with E-state index in [1.54, 1.807) is 5.38 Å². The third-order valence-corrected chi connectivity index (χ3v) is 3.97. The molecule has 0 atom stereocenters. The number of rotatable bonds is 7. The highest BCUT2D eigenvalue weighted by molar-refractivity contribution is 7.14.